The zero-order valence-corrected chi connectivity index (χ0v) is 12.8. The second-order valence-corrected chi connectivity index (χ2v) is 7.46. The first-order valence-corrected chi connectivity index (χ1v) is 8.02. The molecule has 2 fully saturated rings. The molecule has 1 N–H and O–H groups in total. The Balaban J connectivity index is 1.88. The molecule has 2 rings (SSSR count). The molecule has 106 valence electrons. The van der Waals surface area contributed by atoms with E-state index in [9.17, 15) is 0 Å². The Kier molecular flexibility index (Phi) is 4.71. The van der Waals surface area contributed by atoms with Crippen LogP contribution in [0.1, 0.15) is 79.1 Å². The quantitative estimate of drug-likeness (QED) is 0.744. The summed E-state index contributed by atoms with van der Waals surface area (Å²) in [6, 6.07) is 2.14. The fourth-order valence-corrected chi connectivity index (χ4v) is 3.68. The number of nitrogens with one attached hydrogen (secondary N) is 1. The van der Waals surface area contributed by atoms with Gasteiger partial charge in [-0.1, -0.05) is 26.7 Å². The number of piperidine rings is 1. The van der Waals surface area contributed by atoms with Crippen LogP contribution in [0.2, 0.25) is 0 Å². The monoisotopic (exact) mass is 252 g/mol. The highest BCUT2D eigenvalue weighted by Crippen LogP contribution is 2.34. The van der Waals surface area contributed by atoms with Gasteiger partial charge >= 0.3 is 0 Å². The molecule has 0 radical (unpaired) electrons. The summed E-state index contributed by atoms with van der Waals surface area (Å²) in [4.78, 5) is 0. The number of rotatable bonds is 2. The summed E-state index contributed by atoms with van der Waals surface area (Å²) in [5.41, 5.74) is 4.43. The first-order valence-electron chi connectivity index (χ1n) is 8.02. The normalized spacial score (nSPS) is 38.3. The van der Waals surface area contributed by atoms with Crippen molar-refractivity contribution in [3.8, 4) is 0 Å². The molecule has 1 aliphatic heterocycles. The number of nitrogens with zero attached hydrogens (tertiary/aromatic N) is 1. The van der Waals surface area contributed by atoms with Crippen LogP contribution >= 0.6 is 0 Å². The van der Waals surface area contributed by atoms with E-state index in [0.29, 0.717) is 17.5 Å². The lowest BCUT2D eigenvalue weighted by Crippen LogP contribution is -2.55. The van der Waals surface area contributed by atoms with Gasteiger partial charge in [-0.25, -0.2) is 5.01 Å². The smallest absolute Gasteiger partial charge is 0.0218 e. The predicted octanol–water partition coefficient (Wildman–Crippen LogP) is 4.11. The number of hydrogen-bond donors (Lipinski definition) is 1. The second-order valence-electron chi connectivity index (χ2n) is 7.46. The van der Waals surface area contributed by atoms with Crippen molar-refractivity contribution in [2.75, 3.05) is 0 Å². The zero-order valence-electron chi connectivity index (χ0n) is 12.8. The van der Waals surface area contributed by atoms with Crippen LogP contribution in [0.3, 0.4) is 0 Å². The number of hydrazine groups is 1. The molecule has 1 heterocycles. The van der Waals surface area contributed by atoms with Gasteiger partial charge in [-0.2, -0.15) is 0 Å². The van der Waals surface area contributed by atoms with Crippen molar-refractivity contribution in [2.45, 2.75) is 97.2 Å². The molecule has 2 heteroatoms. The summed E-state index contributed by atoms with van der Waals surface area (Å²) in [5.74, 6) is 0. The van der Waals surface area contributed by atoms with Crippen molar-refractivity contribution < 1.29 is 0 Å². The van der Waals surface area contributed by atoms with E-state index in [1.54, 1.807) is 0 Å². The van der Waals surface area contributed by atoms with Gasteiger partial charge in [0.2, 0.25) is 0 Å². The summed E-state index contributed by atoms with van der Waals surface area (Å²) in [6.07, 6.45) is 11.0. The minimum atomic E-state index is 0.565. The molecule has 3 unspecified atom stereocenters. The van der Waals surface area contributed by atoms with Crippen molar-refractivity contribution in [2.24, 2.45) is 5.41 Å². The van der Waals surface area contributed by atoms with Crippen LogP contribution in [0.4, 0.5) is 0 Å². The molecule has 0 aromatic heterocycles. The fraction of sp³-hybridized carbons (Fsp3) is 1.00. The predicted molar refractivity (Wildman–Crippen MR) is 78.4 cm³/mol. The van der Waals surface area contributed by atoms with Gasteiger partial charge in [0.15, 0.2) is 0 Å². The Labute approximate surface area is 113 Å². The Bertz CT molecular complexity index is 252. The van der Waals surface area contributed by atoms with E-state index in [4.69, 9.17) is 0 Å². The van der Waals surface area contributed by atoms with Gasteiger partial charge < -0.3 is 0 Å². The third-order valence-corrected chi connectivity index (χ3v) is 5.10. The standard InChI is InChI=1S/C16H32N2/c1-13-7-5-8-14(2)18(13)17-15-9-6-11-16(3,4)12-10-15/h13-15,17H,5-12H2,1-4H3. The second kappa shape index (κ2) is 5.92. The average molecular weight is 252 g/mol. The van der Waals surface area contributed by atoms with E-state index in [1.807, 2.05) is 0 Å². The molecule has 0 spiro atoms. The van der Waals surface area contributed by atoms with Crippen LogP contribution in [-0.2, 0) is 0 Å². The van der Waals surface area contributed by atoms with Crippen molar-refractivity contribution in [3.05, 3.63) is 0 Å². The topological polar surface area (TPSA) is 15.3 Å². The van der Waals surface area contributed by atoms with E-state index in [0.717, 1.165) is 6.04 Å². The SMILES string of the molecule is CC1CCCC(C)N1NC1CCCC(C)(C)CC1. The first kappa shape index (κ1) is 14.3. The van der Waals surface area contributed by atoms with Gasteiger partial charge in [-0.3, -0.25) is 5.43 Å². The molecule has 0 aromatic carbocycles. The Morgan fingerprint density at radius 1 is 0.889 bits per heavy atom. The summed E-state index contributed by atoms with van der Waals surface area (Å²) >= 11 is 0. The molecule has 0 bridgehead atoms. The van der Waals surface area contributed by atoms with Gasteiger partial charge in [0.1, 0.15) is 0 Å². The highest BCUT2D eigenvalue weighted by Gasteiger charge is 2.29. The van der Waals surface area contributed by atoms with Crippen LogP contribution < -0.4 is 5.43 Å². The van der Waals surface area contributed by atoms with Gasteiger partial charge in [0.05, 0.1) is 0 Å². The van der Waals surface area contributed by atoms with E-state index in [2.05, 4.69) is 38.1 Å². The molecule has 3 atom stereocenters. The summed E-state index contributed by atoms with van der Waals surface area (Å²) in [5, 5.41) is 2.56. The summed E-state index contributed by atoms with van der Waals surface area (Å²) in [6.45, 7) is 9.62. The Hall–Kier alpha value is -0.0800. The number of hydrogen-bond acceptors (Lipinski definition) is 2. The molecule has 2 nitrogen and oxygen atoms in total. The lowest BCUT2D eigenvalue weighted by atomic mass is 9.85. The van der Waals surface area contributed by atoms with Gasteiger partial charge in [-0.05, 0) is 57.8 Å². The molecule has 0 aromatic rings. The lowest BCUT2D eigenvalue weighted by molar-refractivity contribution is 0.0264. The molecule has 18 heavy (non-hydrogen) atoms. The van der Waals surface area contributed by atoms with E-state index in [-0.39, 0.29) is 0 Å². The molecular formula is C16H32N2. The van der Waals surface area contributed by atoms with Gasteiger partial charge in [0.25, 0.3) is 0 Å². The molecule has 2 aliphatic rings. The maximum Gasteiger partial charge on any atom is 0.0218 e. The van der Waals surface area contributed by atoms with Crippen molar-refractivity contribution in [3.63, 3.8) is 0 Å². The lowest BCUT2D eigenvalue weighted by Gasteiger charge is -2.41. The maximum absolute atomic E-state index is 3.87. The minimum Gasteiger partial charge on any atom is -0.252 e. The van der Waals surface area contributed by atoms with Gasteiger partial charge in [-0.15, -0.1) is 0 Å². The minimum absolute atomic E-state index is 0.565. The molecule has 0 amide bonds. The van der Waals surface area contributed by atoms with Crippen molar-refractivity contribution in [1.82, 2.24) is 10.4 Å². The summed E-state index contributed by atoms with van der Waals surface area (Å²) < 4.78 is 0. The third-order valence-electron chi connectivity index (χ3n) is 5.10. The summed E-state index contributed by atoms with van der Waals surface area (Å²) in [7, 11) is 0. The maximum atomic E-state index is 3.87. The van der Waals surface area contributed by atoms with E-state index >= 15 is 0 Å². The Morgan fingerprint density at radius 3 is 2.22 bits per heavy atom. The fourth-order valence-electron chi connectivity index (χ4n) is 3.68. The van der Waals surface area contributed by atoms with Crippen LogP contribution in [0.25, 0.3) is 0 Å². The van der Waals surface area contributed by atoms with Crippen molar-refractivity contribution >= 4 is 0 Å². The van der Waals surface area contributed by atoms with Gasteiger partial charge in [0, 0.05) is 18.1 Å². The van der Waals surface area contributed by atoms with Crippen LogP contribution in [0.15, 0.2) is 0 Å². The molecule has 1 saturated carbocycles. The Morgan fingerprint density at radius 2 is 1.56 bits per heavy atom. The third kappa shape index (κ3) is 3.71. The van der Waals surface area contributed by atoms with Crippen LogP contribution in [-0.4, -0.2) is 23.1 Å². The molecular weight excluding hydrogens is 220 g/mol. The molecule has 1 saturated heterocycles. The van der Waals surface area contributed by atoms with E-state index in [1.165, 1.54) is 51.4 Å². The van der Waals surface area contributed by atoms with Crippen molar-refractivity contribution in [1.29, 1.82) is 0 Å². The van der Waals surface area contributed by atoms with Crippen LogP contribution in [0.5, 0.6) is 0 Å². The first-order chi connectivity index (χ1) is 8.48. The largest absolute Gasteiger partial charge is 0.252 e. The van der Waals surface area contributed by atoms with Crippen LogP contribution in [0, 0.1) is 5.41 Å². The average Bonchev–Trinajstić information content (AvgIpc) is 2.46. The van der Waals surface area contributed by atoms with E-state index < -0.39 is 0 Å². The zero-order chi connectivity index (χ0) is 13.2. The highest BCUT2D eigenvalue weighted by atomic mass is 15.5. The molecule has 1 aliphatic carbocycles. The highest BCUT2D eigenvalue weighted by molar-refractivity contribution is 4.82.